The van der Waals surface area contributed by atoms with Gasteiger partial charge in [0.1, 0.15) is 0 Å². The Kier molecular flexibility index (Phi) is 6.45. The van der Waals surface area contributed by atoms with Crippen molar-refractivity contribution >= 4 is 27.7 Å². The van der Waals surface area contributed by atoms with E-state index >= 15 is 0 Å². The molecule has 5 heteroatoms. The summed E-state index contributed by atoms with van der Waals surface area (Å²) in [7, 11) is 0. The minimum absolute atomic E-state index is 0.0174. The average Bonchev–Trinajstić information content (AvgIpc) is 2.66. The molecule has 0 aliphatic carbocycles. The molecule has 0 spiro atoms. The Hall–Kier alpha value is -2.14. The molecule has 0 bridgehead atoms. The smallest absolute Gasteiger partial charge is 0.224 e. The summed E-state index contributed by atoms with van der Waals surface area (Å²) in [6.45, 7) is 2.01. The Morgan fingerprint density at radius 1 is 1.04 bits per heavy atom. The van der Waals surface area contributed by atoms with E-state index in [1.165, 1.54) is 11.1 Å². The van der Waals surface area contributed by atoms with Gasteiger partial charge in [0.15, 0.2) is 0 Å². The van der Waals surface area contributed by atoms with Crippen LogP contribution in [0.4, 0.5) is 0 Å². The molecular weight excluding hydrogens is 392 g/mol. The highest BCUT2D eigenvalue weighted by Crippen LogP contribution is 2.19. The zero-order valence-corrected chi connectivity index (χ0v) is 16.3. The lowest BCUT2D eigenvalue weighted by Crippen LogP contribution is -2.36. The standard InChI is InChI=1S/C21H23BrN2O2/c22-19-9-4-3-7-17(19)14-20(25)23-12-5-10-21(26)24-13-11-16-6-1-2-8-18(16)15-24/h1-4,6-9H,5,10-15H2,(H,23,25). The molecule has 2 amide bonds. The van der Waals surface area contributed by atoms with Crippen molar-refractivity contribution < 1.29 is 9.59 Å². The lowest BCUT2D eigenvalue weighted by molar-refractivity contribution is -0.132. The van der Waals surface area contributed by atoms with Gasteiger partial charge in [0.25, 0.3) is 0 Å². The number of carbonyl (C=O) groups is 2. The lowest BCUT2D eigenvalue weighted by Gasteiger charge is -2.29. The molecule has 0 saturated carbocycles. The van der Waals surface area contributed by atoms with Crippen molar-refractivity contribution in [3.63, 3.8) is 0 Å². The Labute approximate surface area is 162 Å². The molecule has 26 heavy (non-hydrogen) atoms. The van der Waals surface area contributed by atoms with Crippen LogP contribution in [0.5, 0.6) is 0 Å². The summed E-state index contributed by atoms with van der Waals surface area (Å²) in [6, 6.07) is 16.0. The number of amides is 2. The van der Waals surface area contributed by atoms with Crippen LogP contribution in [-0.4, -0.2) is 29.8 Å². The maximum absolute atomic E-state index is 12.4. The van der Waals surface area contributed by atoms with Gasteiger partial charge in [-0.1, -0.05) is 58.4 Å². The zero-order valence-electron chi connectivity index (χ0n) is 14.7. The number of nitrogens with one attached hydrogen (secondary N) is 1. The molecule has 0 aromatic heterocycles. The molecule has 1 aliphatic heterocycles. The predicted molar refractivity (Wildman–Crippen MR) is 106 cm³/mol. The van der Waals surface area contributed by atoms with Gasteiger partial charge in [-0.15, -0.1) is 0 Å². The molecule has 1 aliphatic rings. The number of hydrogen-bond acceptors (Lipinski definition) is 2. The van der Waals surface area contributed by atoms with Gasteiger partial charge < -0.3 is 10.2 Å². The number of rotatable bonds is 6. The number of hydrogen-bond donors (Lipinski definition) is 1. The van der Waals surface area contributed by atoms with Crippen LogP contribution >= 0.6 is 15.9 Å². The number of nitrogens with zero attached hydrogens (tertiary/aromatic N) is 1. The molecule has 2 aromatic carbocycles. The summed E-state index contributed by atoms with van der Waals surface area (Å²) in [4.78, 5) is 26.3. The second kappa shape index (κ2) is 8.99. The topological polar surface area (TPSA) is 49.4 Å². The molecule has 1 heterocycles. The first-order valence-electron chi connectivity index (χ1n) is 8.98. The third-order valence-corrected chi connectivity index (χ3v) is 5.46. The van der Waals surface area contributed by atoms with Gasteiger partial charge in [0.05, 0.1) is 6.42 Å². The Bertz CT molecular complexity index is 791. The van der Waals surface area contributed by atoms with E-state index in [1.807, 2.05) is 41.3 Å². The van der Waals surface area contributed by atoms with Crippen LogP contribution in [0.25, 0.3) is 0 Å². The number of fused-ring (bicyclic) bond motifs is 1. The van der Waals surface area contributed by atoms with Gasteiger partial charge in [0.2, 0.25) is 11.8 Å². The highest BCUT2D eigenvalue weighted by atomic mass is 79.9. The molecule has 0 saturated heterocycles. The molecule has 4 nitrogen and oxygen atoms in total. The Morgan fingerprint density at radius 2 is 1.77 bits per heavy atom. The van der Waals surface area contributed by atoms with Crippen LogP contribution < -0.4 is 5.32 Å². The fourth-order valence-corrected chi connectivity index (χ4v) is 3.64. The van der Waals surface area contributed by atoms with E-state index in [0.717, 1.165) is 23.0 Å². The first kappa shape index (κ1) is 18.6. The van der Waals surface area contributed by atoms with Gasteiger partial charge in [-0.3, -0.25) is 9.59 Å². The molecule has 0 radical (unpaired) electrons. The molecular formula is C21H23BrN2O2. The van der Waals surface area contributed by atoms with E-state index in [0.29, 0.717) is 32.4 Å². The highest BCUT2D eigenvalue weighted by Gasteiger charge is 2.19. The third-order valence-electron chi connectivity index (χ3n) is 4.68. The van der Waals surface area contributed by atoms with E-state index in [2.05, 4.69) is 33.4 Å². The summed E-state index contributed by atoms with van der Waals surface area (Å²) >= 11 is 3.45. The van der Waals surface area contributed by atoms with Crippen LogP contribution in [0.15, 0.2) is 53.0 Å². The number of carbonyl (C=O) groups excluding carboxylic acids is 2. The van der Waals surface area contributed by atoms with Crippen molar-refractivity contribution in [3.05, 3.63) is 69.7 Å². The van der Waals surface area contributed by atoms with Gasteiger partial charge in [-0.25, -0.2) is 0 Å². The van der Waals surface area contributed by atoms with Crippen LogP contribution in [0, 0.1) is 0 Å². The molecule has 3 rings (SSSR count). The fourth-order valence-electron chi connectivity index (χ4n) is 3.21. The normalized spacial score (nSPS) is 13.2. The van der Waals surface area contributed by atoms with Crippen LogP contribution in [-0.2, 0) is 29.0 Å². The number of benzene rings is 2. The van der Waals surface area contributed by atoms with E-state index in [1.54, 1.807) is 0 Å². The molecule has 1 N–H and O–H groups in total. The molecule has 136 valence electrons. The maximum Gasteiger partial charge on any atom is 0.224 e. The van der Waals surface area contributed by atoms with E-state index in [9.17, 15) is 9.59 Å². The summed E-state index contributed by atoms with van der Waals surface area (Å²) in [5.41, 5.74) is 3.55. The van der Waals surface area contributed by atoms with Crippen molar-refractivity contribution in [3.8, 4) is 0 Å². The quantitative estimate of drug-likeness (QED) is 0.735. The maximum atomic E-state index is 12.4. The average molecular weight is 415 g/mol. The second-order valence-corrected chi connectivity index (χ2v) is 7.41. The zero-order chi connectivity index (χ0) is 18.4. The molecule has 0 atom stereocenters. The largest absolute Gasteiger partial charge is 0.356 e. The minimum Gasteiger partial charge on any atom is -0.356 e. The highest BCUT2D eigenvalue weighted by molar-refractivity contribution is 9.10. The van der Waals surface area contributed by atoms with Crippen molar-refractivity contribution in [1.82, 2.24) is 10.2 Å². The summed E-state index contributed by atoms with van der Waals surface area (Å²) < 4.78 is 0.940. The first-order valence-corrected chi connectivity index (χ1v) is 9.77. The minimum atomic E-state index is -0.0174. The molecule has 0 fully saturated rings. The summed E-state index contributed by atoms with van der Waals surface area (Å²) in [5.74, 6) is 0.149. The van der Waals surface area contributed by atoms with E-state index in [4.69, 9.17) is 0 Å². The Morgan fingerprint density at radius 3 is 2.58 bits per heavy atom. The SMILES string of the molecule is O=C(Cc1ccccc1Br)NCCCC(=O)N1CCc2ccccc2C1. The van der Waals surface area contributed by atoms with Crippen LogP contribution in [0.1, 0.15) is 29.5 Å². The van der Waals surface area contributed by atoms with Crippen molar-refractivity contribution in [2.24, 2.45) is 0 Å². The monoisotopic (exact) mass is 414 g/mol. The fraction of sp³-hybridized carbons (Fsp3) is 0.333. The van der Waals surface area contributed by atoms with Crippen LogP contribution in [0.2, 0.25) is 0 Å². The first-order chi connectivity index (χ1) is 12.6. The summed E-state index contributed by atoms with van der Waals surface area (Å²) in [5, 5.41) is 2.90. The number of halogens is 1. The predicted octanol–water partition coefficient (Wildman–Crippen LogP) is 3.47. The van der Waals surface area contributed by atoms with Crippen LogP contribution in [0.3, 0.4) is 0 Å². The third kappa shape index (κ3) is 4.94. The van der Waals surface area contributed by atoms with Crippen molar-refractivity contribution in [2.75, 3.05) is 13.1 Å². The van der Waals surface area contributed by atoms with Crippen molar-refractivity contribution in [2.45, 2.75) is 32.2 Å². The van der Waals surface area contributed by atoms with E-state index < -0.39 is 0 Å². The molecule has 0 unspecified atom stereocenters. The Balaban J connectivity index is 1.38. The van der Waals surface area contributed by atoms with Gasteiger partial charge in [0, 0.05) is 30.5 Å². The molecule has 2 aromatic rings. The lowest BCUT2D eigenvalue weighted by atomic mass is 9.99. The van der Waals surface area contributed by atoms with Crippen molar-refractivity contribution in [1.29, 1.82) is 0 Å². The van der Waals surface area contributed by atoms with Gasteiger partial charge >= 0.3 is 0 Å². The van der Waals surface area contributed by atoms with Gasteiger partial charge in [-0.2, -0.15) is 0 Å². The second-order valence-electron chi connectivity index (χ2n) is 6.56. The van der Waals surface area contributed by atoms with E-state index in [-0.39, 0.29) is 11.8 Å². The van der Waals surface area contributed by atoms with Gasteiger partial charge in [-0.05, 0) is 35.6 Å². The summed E-state index contributed by atoms with van der Waals surface area (Å²) in [6.07, 6.45) is 2.40.